The Bertz CT molecular complexity index is 816. The fourth-order valence-electron chi connectivity index (χ4n) is 3.34. The van der Waals surface area contributed by atoms with Gasteiger partial charge in [0.05, 0.1) is 18.8 Å². The second-order valence-electron chi connectivity index (χ2n) is 6.85. The van der Waals surface area contributed by atoms with Crippen molar-refractivity contribution in [3.05, 3.63) is 42.1 Å². The molecular formula is C20H29IN6O2. The monoisotopic (exact) mass is 512 g/mol. The summed E-state index contributed by atoms with van der Waals surface area (Å²) in [7, 11) is 1.90. The van der Waals surface area contributed by atoms with Gasteiger partial charge < -0.3 is 20.7 Å². The Hall–Kier alpha value is -2.30. The zero-order chi connectivity index (χ0) is 19.9. The van der Waals surface area contributed by atoms with Crippen molar-refractivity contribution >= 4 is 36.0 Å². The number of halogens is 1. The number of nitrogens with two attached hydrogens (primary N) is 1. The van der Waals surface area contributed by atoms with Crippen LogP contribution in [0.1, 0.15) is 25.3 Å². The van der Waals surface area contributed by atoms with Crippen LogP contribution >= 0.6 is 24.0 Å². The highest BCUT2D eigenvalue weighted by atomic mass is 127. The van der Waals surface area contributed by atoms with Crippen molar-refractivity contribution in [2.24, 2.45) is 17.8 Å². The molecule has 0 aliphatic carbocycles. The molecule has 0 spiro atoms. The number of guanidine groups is 1. The summed E-state index contributed by atoms with van der Waals surface area (Å²) < 4.78 is 6.84. The van der Waals surface area contributed by atoms with Gasteiger partial charge in [0.1, 0.15) is 0 Å². The van der Waals surface area contributed by atoms with E-state index in [1.165, 1.54) is 0 Å². The zero-order valence-electron chi connectivity index (χ0n) is 16.9. The van der Waals surface area contributed by atoms with Gasteiger partial charge in [-0.05, 0) is 19.8 Å². The number of carbonyl (C=O) groups excluding carboxylic acids is 1. The number of benzene rings is 1. The quantitative estimate of drug-likeness (QED) is 0.365. The number of aryl methyl sites for hydroxylation is 1. The van der Waals surface area contributed by atoms with E-state index in [-0.39, 0.29) is 36.1 Å². The molecule has 1 amide bonds. The van der Waals surface area contributed by atoms with Crippen LogP contribution in [-0.4, -0.2) is 52.5 Å². The van der Waals surface area contributed by atoms with E-state index in [0.717, 1.165) is 29.7 Å². The number of nitrogens with one attached hydrogen (secondary N) is 1. The number of nitrogens with zero attached hydrogens (tertiary/aromatic N) is 4. The number of aromatic nitrogens is 2. The summed E-state index contributed by atoms with van der Waals surface area (Å²) in [5, 5.41) is 7.82. The molecule has 9 heteroatoms. The second-order valence-corrected chi connectivity index (χ2v) is 6.85. The number of hydrogen-bond donors (Lipinski definition) is 2. The van der Waals surface area contributed by atoms with E-state index < -0.39 is 0 Å². The van der Waals surface area contributed by atoms with Gasteiger partial charge in [0.25, 0.3) is 0 Å². The summed E-state index contributed by atoms with van der Waals surface area (Å²) in [6.45, 7) is 3.98. The van der Waals surface area contributed by atoms with Gasteiger partial charge in [0, 0.05) is 43.5 Å². The number of hydrogen-bond acceptors (Lipinski definition) is 4. The van der Waals surface area contributed by atoms with E-state index in [1.54, 1.807) is 9.58 Å². The molecule has 0 unspecified atom stereocenters. The molecular weight excluding hydrogens is 483 g/mol. The minimum atomic E-state index is -0.243. The molecule has 3 N–H and O–H groups in total. The van der Waals surface area contributed by atoms with Crippen LogP contribution < -0.4 is 11.1 Å². The molecule has 1 aromatic heterocycles. The van der Waals surface area contributed by atoms with E-state index in [9.17, 15) is 4.79 Å². The summed E-state index contributed by atoms with van der Waals surface area (Å²) >= 11 is 0. The lowest BCUT2D eigenvalue weighted by Crippen LogP contribution is -2.48. The molecule has 0 bridgehead atoms. The lowest BCUT2D eigenvalue weighted by atomic mass is 10.1. The first-order chi connectivity index (χ1) is 13.6. The highest BCUT2D eigenvalue weighted by Crippen LogP contribution is 2.22. The lowest BCUT2D eigenvalue weighted by molar-refractivity contribution is 0.0963. The molecule has 1 aliphatic rings. The number of aliphatic imine (C=N–C) groups is 1. The van der Waals surface area contributed by atoms with Crippen LogP contribution in [0.5, 0.6) is 0 Å². The van der Waals surface area contributed by atoms with Gasteiger partial charge in [-0.1, -0.05) is 30.3 Å². The molecule has 2 heterocycles. The Balaban J connectivity index is 0.00000300. The Labute approximate surface area is 188 Å². The van der Waals surface area contributed by atoms with Crippen molar-refractivity contribution in [3.63, 3.8) is 0 Å². The van der Waals surface area contributed by atoms with Gasteiger partial charge in [-0.3, -0.25) is 4.68 Å². The maximum atomic E-state index is 11.8. The van der Waals surface area contributed by atoms with Gasteiger partial charge in [0.15, 0.2) is 5.96 Å². The number of rotatable bonds is 5. The molecule has 8 nitrogen and oxygen atoms in total. The molecule has 0 saturated carbocycles. The highest BCUT2D eigenvalue weighted by Gasteiger charge is 2.23. The van der Waals surface area contributed by atoms with E-state index >= 15 is 0 Å². The first-order valence-electron chi connectivity index (χ1n) is 9.63. The van der Waals surface area contributed by atoms with Crippen molar-refractivity contribution in [1.82, 2.24) is 20.0 Å². The molecule has 0 atom stereocenters. The van der Waals surface area contributed by atoms with Crippen LogP contribution in [0.15, 0.2) is 41.5 Å². The zero-order valence-corrected chi connectivity index (χ0v) is 19.2. The summed E-state index contributed by atoms with van der Waals surface area (Å²) in [4.78, 5) is 18.0. The first-order valence-corrected chi connectivity index (χ1v) is 9.63. The Morgan fingerprint density at radius 2 is 2.00 bits per heavy atom. The van der Waals surface area contributed by atoms with Crippen molar-refractivity contribution in [2.45, 2.75) is 32.4 Å². The van der Waals surface area contributed by atoms with Crippen LogP contribution in [0, 0.1) is 0 Å². The van der Waals surface area contributed by atoms with E-state index in [2.05, 4.69) is 15.4 Å². The molecule has 1 saturated heterocycles. The molecule has 1 aromatic carbocycles. The van der Waals surface area contributed by atoms with Gasteiger partial charge >= 0.3 is 6.09 Å². The Morgan fingerprint density at radius 3 is 2.66 bits per heavy atom. The van der Waals surface area contributed by atoms with Crippen molar-refractivity contribution in [3.8, 4) is 11.3 Å². The molecule has 1 aliphatic heterocycles. The average molecular weight is 512 g/mol. The maximum Gasteiger partial charge on any atom is 0.409 e. The van der Waals surface area contributed by atoms with Crippen LogP contribution in [0.25, 0.3) is 11.3 Å². The predicted molar refractivity (Wildman–Crippen MR) is 124 cm³/mol. The Kier molecular flexibility index (Phi) is 8.74. The largest absolute Gasteiger partial charge is 0.450 e. The fraction of sp³-hybridized carbons (Fsp3) is 0.450. The molecule has 2 aromatic rings. The summed E-state index contributed by atoms with van der Waals surface area (Å²) in [5.74, 6) is 0.414. The van der Waals surface area contributed by atoms with Gasteiger partial charge in [-0.25, -0.2) is 9.79 Å². The third-order valence-electron chi connectivity index (χ3n) is 4.74. The third kappa shape index (κ3) is 6.34. The van der Waals surface area contributed by atoms with Crippen molar-refractivity contribution < 1.29 is 9.53 Å². The summed E-state index contributed by atoms with van der Waals surface area (Å²) in [6, 6.07) is 10.3. The normalized spacial score (nSPS) is 15.0. The topological polar surface area (TPSA) is 97.8 Å². The SMILES string of the molecule is CCOC(=O)N1CCC(NC(N)=NCc2cn(C)nc2-c2ccccc2)CC1.I. The fourth-order valence-corrected chi connectivity index (χ4v) is 3.34. The van der Waals surface area contributed by atoms with Crippen LogP contribution in [0.3, 0.4) is 0 Å². The molecule has 3 rings (SSSR count). The average Bonchev–Trinajstić information content (AvgIpc) is 3.08. The van der Waals surface area contributed by atoms with Crippen LogP contribution in [0.2, 0.25) is 0 Å². The van der Waals surface area contributed by atoms with Crippen LogP contribution in [0.4, 0.5) is 4.79 Å². The van der Waals surface area contributed by atoms with Crippen molar-refractivity contribution in [1.29, 1.82) is 0 Å². The number of ether oxygens (including phenoxy) is 1. The Morgan fingerprint density at radius 1 is 1.31 bits per heavy atom. The predicted octanol–water partition coefficient (Wildman–Crippen LogP) is 2.73. The molecule has 1 fully saturated rings. The number of likely N-dealkylation sites (tertiary alicyclic amines) is 1. The number of amides is 1. The molecule has 158 valence electrons. The van der Waals surface area contributed by atoms with E-state index in [4.69, 9.17) is 10.5 Å². The first kappa shape index (κ1) is 23.0. The van der Waals surface area contributed by atoms with Gasteiger partial charge in [-0.2, -0.15) is 5.10 Å². The third-order valence-corrected chi connectivity index (χ3v) is 4.74. The van der Waals surface area contributed by atoms with E-state index in [0.29, 0.717) is 32.2 Å². The van der Waals surface area contributed by atoms with E-state index in [1.807, 2.05) is 50.5 Å². The number of piperidine rings is 1. The maximum absolute atomic E-state index is 11.8. The minimum absolute atomic E-state index is 0. The van der Waals surface area contributed by atoms with Crippen LogP contribution in [-0.2, 0) is 18.3 Å². The van der Waals surface area contributed by atoms with Gasteiger partial charge in [0.2, 0.25) is 0 Å². The summed E-state index contributed by atoms with van der Waals surface area (Å²) in [6.07, 6.45) is 3.36. The highest BCUT2D eigenvalue weighted by molar-refractivity contribution is 14.0. The standard InChI is InChI=1S/C20H28N6O2.HI/c1-3-28-20(27)26-11-9-17(10-12-26)23-19(21)22-13-16-14-25(2)24-18(16)15-7-5-4-6-8-15;/h4-8,14,17H,3,9-13H2,1-2H3,(H3,21,22,23);1H. The smallest absolute Gasteiger partial charge is 0.409 e. The van der Waals surface area contributed by atoms with Gasteiger partial charge in [-0.15, -0.1) is 24.0 Å². The minimum Gasteiger partial charge on any atom is -0.450 e. The summed E-state index contributed by atoms with van der Waals surface area (Å²) in [5.41, 5.74) is 9.10. The number of carbonyl (C=O) groups is 1. The second kappa shape index (κ2) is 11.0. The molecule has 0 radical (unpaired) electrons. The molecule has 29 heavy (non-hydrogen) atoms. The van der Waals surface area contributed by atoms with Crippen molar-refractivity contribution in [2.75, 3.05) is 19.7 Å². The lowest BCUT2D eigenvalue weighted by Gasteiger charge is -2.31.